The molecule has 3 rings (SSSR count). The second kappa shape index (κ2) is 9.48. The van der Waals surface area contributed by atoms with E-state index in [0.29, 0.717) is 11.8 Å². The van der Waals surface area contributed by atoms with Gasteiger partial charge in [0.2, 0.25) is 0 Å². The van der Waals surface area contributed by atoms with Gasteiger partial charge in [0.05, 0.1) is 5.60 Å². The zero-order valence-corrected chi connectivity index (χ0v) is 16.6. The molecule has 1 fully saturated rings. The fourth-order valence-corrected chi connectivity index (χ4v) is 4.23. The Morgan fingerprint density at radius 1 is 1.07 bits per heavy atom. The normalized spacial score (nSPS) is 20.3. The third-order valence-corrected chi connectivity index (χ3v) is 5.68. The number of rotatable bonds is 8. The van der Waals surface area contributed by atoms with Gasteiger partial charge < -0.3 is 10.1 Å². The van der Waals surface area contributed by atoms with Crippen LogP contribution in [0.4, 0.5) is 4.39 Å². The molecule has 2 aromatic carbocycles. The number of benzene rings is 2. The zero-order valence-electron chi connectivity index (χ0n) is 16.6. The first-order valence-electron chi connectivity index (χ1n) is 10.1. The predicted octanol–water partition coefficient (Wildman–Crippen LogP) is 5.37. The van der Waals surface area contributed by atoms with Crippen LogP contribution in [0, 0.1) is 17.7 Å². The minimum absolute atomic E-state index is 0.0145. The van der Waals surface area contributed by atoms with E-state index in [4.69, 9.17) is 4.74 Å². The van der Waals surface area contributed by atoms with Crippen LogP contribution in [-0.4, -0.2) is 18.8 Å². The molecule has 27 heavy (non-hydrogen) atoms. The van der Waals surface area contributed by atoms with Crippen molar-refractivity contribution in [1.29, 1.82) is 0 Å². The molecular weight excluding hydrogens is 337 g/mol. The van der Waals surface area contributed by atoms with Gasteiger partial charge in [-0.3, -0.25) is 0 Å². The number of hydrogen-bond donors (Lipinski definition) is 1. The van der Waals surface area contributed by atoms with Crippen LogP contribution in [-0.2, 0) is 17.7 Å². The fourth-order valence-electron chi connectivity index (χ4n) is 4.23. The third kappa shape index (κ3) is 6.44. The highest BCUT2D eigenvalue weighted by atomic mass is 19.1. The van der Waals surface area contributed by atoms with Crippen LogP contribution in [0.1, 0.15) is 44.2 Å². The summed E-state index contributed by atoms with van der Waals surface area (Å²) in [6.07, 6.45) is 4.55. The Balaban J connectivity index is 1.56. The summed E-state index contributed by atoms with van der Waals surface area (Å²) in [4.78, 5) is 0. The third-order valence-electron chi connectivity index (χ3n) is 5.68. The van der Waals surface area contributed by atoms with Gasteiger partial charge in [-0.2, -0.15) is 0 Å². The molecule has 0 bridgehead atoms. The molecule has 0 aliphatic carbocycles. The van der Waals surface area contributed by atoms with Crippen LogP contribution in [0.15, 0.2) is 54.6 Å². The van der Waals surface area contributed by atoms with Crippen molar-refractivity contribution in [2.45, 2.75) is 51.7 Å². The zero-order chi connectivity index (χ0) is 19.1. The number of hydrogen-bond acceptors (Lipinski definition) is 2. The quantitative estimate of drug-likeness (QED) is 0.632. The van der Waals surface area contributed by atoms with Gasteiger partial charge in [0.1, 0.15) is 5.82 Å². The predicted molar refractivity (Wildman–Crippen MR) is 109 cm³/mol. The van der Waals surface area contributed by atoms with E-state index in [1.165, 1.54) is 17.7 Å². The molecule has 1 saturated heterocycles. The molecule has 0 aromatic heterocycles. The van der Waals surface area contributed by atoms with E-state index in [9.17, 15) is 4.39 Å². The van der Waals surface area contributed by atoms with E-state index < -0.39 is 0 Å². The highest BCUT2D eigenvalue weighted by Gasteiger charge is 2.33. The molecule has 3 heteroatoms. The standard InChI is InChI=1S/C24H32FNO/c1-24(2)17-22(13-15-27-24)21(16-19-6-4-3-5-7-19)12-14-26-18-20-8-10-23(25)11-9-20/h3-11,21-22,26H,12-18H2,1-2H3. The van der Waals surface area contributed by atoms with Crippen molar-refractivity contribution >= 4 is 0 Å². The molecule has 0 radical (unpaired) electrons. The lowest BCUT2D eigenvalue weighted by atomic mass is 9.75. The minimum Gasteiger partial charge on any atom is -0.376 e. The van der Waals surface area contributed by atoms with Crippen LogP contribution in [0.2, 0.25) is 0 Å². The van der Waals surface area contributed by atoms with Crippen molar-refractivity contribution in [2.75, 3.05) is 13.2 Å². The van der Waals surface area contributed by atoms with Crippen LogP contribution in [0.25, 0.3) is 0 Å². The average Bonchev–Trinajstić information content (AvgIpc) is 2.65. The smallest absolute Gasteiger partial charge is 0.123 e. The van der Waals surface area contributed by atoms with E-state index in [1.807, 2.05) is 12.1 Å². The molecule has 0 saturated carbocycles. The van der Waals surface area contributed by atoms with Crippen molar-refractivity contribution in [3.63, 3.8) is 0 Å². The number of ether oxygens (including phenoxy) is 1. The lowest BCUT2D eigenvalue weighted by molar-refractivity contribution is -0.0830. The van der Waals surface area contributed by atoms with Gasteiger partial charge in [0.25, 0.3) is 0 Å². The molecule has 1 N–H and O–H groups in total. The molecule has 146 valence electrons. The van der Waals surface area contributed by atoms with Gasteiger partial charge in [-0.15, -0.1) is 0 Å². The molecule has 0 spiro atoms. The second-order valence-corrected chi connectivity index (χ2v) is 8.40. The molecule has 1 aliphatic heterocycles. The topological polar surface area (TPSA) is 21.3 Å². The van der Waals surface area contributed by atoms with Crippen LogP contribution in [0.5, 0.6) is 0 Å². The van der Waals surface area contributed by atoms with Crippen LogP contribution < -0.4 is 5.32 Å². The van der Waals surface area contributed by atoms with Gasteiger partial charge in [-0.1, -0.05) is 42.5 Å². The van der Waals surface area contributed by atoms with Crippen molar-refractivity contribution in [3.8, 4) is 0 Å². The Labute approximate surface area is 163 Å². The summed E-state index contributed by atoms with van der Waals surface area (Å²) in [5, 5.41) is 3.54. The Morgan fingerprint density at radius 3 is 2.52 bits per heavy atom. The van der Waals surface area contributed by atoms with Crippen LogP contribution >= 0.6 is 0 Å². The molecule has 0 amide bonds. The first-order valence-corrected chi connectivity index (χ1v) is 10.1. The van der Waals surface area contributed by atoms with Gasteiger partial charge in [0, 0.05) is 13.2 Å². The first-order chi connectivity index (χ1) is 13.0. The van der Waals surface area contributed by atoms with Crippen molar-refractivity contribution in [1.82, 2.24) is 5.32 Å². The van der Waals surface area contributed by atoms with E-state index in [0.717, 1.165) is 50.9 Å². The molecule has 2 unspecified atom stereocenters. The molecule has 2 nitrogen and oxygen atoms in total. The maximum absolute atomic E-state index is 13.0. The SMILES string of the molecule is CC1(C)CC(C(CCNCc2ccc(F)cc2)Cc2ccccc2)CCO1. The monoisotopic (exact) mass is 369 g/mol. The highest BCUT2D eigenvalue weighted by molar-refractivity contribution is 5.16. The Kier molecular flexibility index (Phi) is 7.03. The van der Waals surface area contributed by atoms with Crippen molar-refractivity contribution < 1.29 is 9.13 Å². The summed E-state index contributed by atoms with van der Waals surface area (Å²) in [5.41, 5.74) is 2.54. The van der Waals surface area contributed by atoms with E-state index in [-0.39, 0.29) is 11.4 Å². The highest BCUT2D eigenvalue weighted by Crippen LogP contribution is 2.36. The van der Waals surface area contributed by atoms with Gasteiger partial charge in [0.15, 0.2) is 0 Å². The molecule has 1 heterocycles. The number of halogens is 1. The first kappa shape index (κ1) is 20.0. The largest absolute Gasteiger partial charge is 0.376 e. The molecule has 2 atom stereocenters. The Morgan fingerprint density at radius 2 is 1.81 bits per heavy atom. The maximum atomic E-state index is 13.0. The molecular formula is C24H32FNO. The van der Waals surface area contributed by atoms with Gasteiger partial charge in [-0.25, -0.2) is 4.39 Å². The van der Waals surface area contributed by atoms with Crippen molar-refractivity contribution in [2.24, 2.45) is 11.8 Å². The molecule has 1 aliphatic rings. The summed E-state index contributed by atoms with van der Waals surface area (Å²) in [5.74, 6) is 1.17. The minimum atomic E-state index is -0.177. The molecule has 2 aromatic rings. The van der Waals surface area contributed by atoms with Crippen LogP contribution in [0.3, 0.4) is 0 Å². The summed E-state index contributed by atoms with van der Waals surface area (Å²) < 4.78 is 19.0. The maximum Gasteiger partial charge on any atom is 0.123 e. The number of nitrogens with one attached hydrogen (secondary N) is 1. The van der Waals surface area contributed by atoms with E-state index >= 15 is 0 Å². The summed E-state index contributed by atoms with van der Waals surface area (Å²) in [6, 6.07) is 17.6. The lowest BCUT2D eigenvalue weighted by Gasteiger charge is -2.39. The van der Waals surface area contributed by atoms with Gasteiger partial charge >= 0.3 is 0 Å². The fraction of sp³-hybridized carbons (Fsp3) is 0.500. The Hall–Kier alpha value is -1.71. The average molecular weight is 370 g/mol. The lowest BCUT2D eigenvalue weighted by Crippen LogP contribution is -2.38. The summed E-state index contributed by atoms with van der Waals surface area (Å²) in [7, 11) is 0. The van der Waals surface area contributed by atoms with Gasteiger partial charge in [-0.05, 0) is 81.2 Å². The Bertz CT molecular complexity index is 683. The summed E-state index contributed by atoms with van der Waals surface area (Å²) in [6.45, 7) is 7.06. The van der Waals surface area contributed by atoms with E-state index in [2.05, 4.69) is 49.5 Å². The summed E-state index contributed by atoms with van der Waals surface area (Å²) >= 11 is 0. The second-order valence-electron chi connectivity index (χ2n) is 8.40. The van der Waals surface area contributed by atoms with Crippen molar-refractivity contribution in [3.05, 3.63) is 71.5 Å². The van der Waals surface area contributed by atoms with E-state index in [1.54, 1.807) is 0 Å².